The van der Waals surface area contributed by atoms with Gasteiger partial charge >= 0.3 is 6.18 Å². The minimum atomic E-state index is -4.55. The van der Waals surface area contributed by atoms with Crippen LogP contribution < -0.4 is 10.6 Å². The number of nitrogens with one attached hydrogen (secondary N) is 2. The summed E-state index contributed by atoms with van der Waals surface area (Å²) in [5.41, 5.74) is 0. The van der Waals surface area contributed by atoms with Gasteiger partial charge in [0.25, 0.3) is 0 Å². The number of nitrogens with zero attached hydrogens (tertiary/aromatic N) is 2. The fraction of sp³-hybridized carbons (Fsp3) is 0.667. The molecule has 1 atom stereocenters. The number of rotatable bonds is 6. The third-order valence-corrected chi connectivity index (χ3v) is 2.45. The molecule has 0 aliphatic carbocycles. The molecule has 1 aromatic rings. The molecule has 19 heavy (non-hydrogen) atoms. The lowest BCUT2D eigenvalue weighted by molar-refractivity contribution is -0.144. The number of anilines is 2. The van der Waals surface area contributed by atoms with Crippen molar-refractivity contribution >= 4 is 11.6 Å². The molecule has 108 valence electrons. The highest BCUT2D eigenvalue weighted by Crippen LogP contribution is 2.28. The quantitative estimate of drug-likeness (QED) is 0.834. The second kappa shape index (κ2) is 6.58. The summed E-state index contributed by atoms with van der Waals surface area (Å²) < 4.78 is 38.1. The minimum Gasteiger partial charge on any atom is -0.370 e. The van der Waals surface area contributed by atoms with Gasteiger partial charge in [0.15, 0.2) is 0 Å². The first-order valence-corrected chi connectivity index (χ1v) is 6.33. The average molecular weight is 276 g/mol. The van der Waals surface area contributed by atoms with Crippen LogP contribution in [0.3, 0.4) is 0 Å². The molecule has 1 unspecified atom stereocenters. The van der Waals surface area contributed by atoms with Crippen LogP contribution in [0.25, 0.3) is 0 Å². The van der Waals surface area contributed by atoms with Crippen LogP contribution in [0.1, 0.15) is 39.4 Å². The molecule has 0 bridgehead atoms. The lowest BCUT2D eigenvalue weighted by atomic mass is 10.2. The summed E-state index contributed by atoms with van der Waals surface area (Å²) >= 11 is 0. The third kappa shape index (κ3) is 4.92. The largest absolute Gasteiger partial charge is 0.451 e. The second-order valence-corrected chi connectivity index (χ2v) is 4.32. The van der Waals surface area contributed by atoms with Gasteiger partial charge in [0.1, 0.15) is 11.6 Å². The lowest BCUT2D eigenvalue weighted by Gasteiger charge is -2.16. The molecule has 2 N–H and O–H groups in total. The van der Waals surface area contributed by atoms with E-state index >= 15 is 0 Å². The van der Waals surface area contributed by atoms with Crippen LogP contribution in [-0.4, -0.2) is 22.6 Å². The molecule has 0 aliphatic heterocycles. The maximum Gasteiger partial charge on any atom is 0.451 e. The van der Waals surface area contributed by atoms with E-state index in [9.17, 15) is 13.2 Å². The van der Waals surface area contributed by atoms with Gasteiger partial charge in [-0.05, 0) is 20.3 Å². The lowest BCUT2D eigenvalue weighted by Crippen LogP contribution is -2.19. The van der Waals surface area contributed by atoms with Crippen LogP contribution in [0.4, 0.5) is 24.8 Å². The fourth-order valence-electron chi connectivity index (χ4n) is 1.68. The summed E-state index contributed by atoms with van der Waals surface area (Å²) in [4.78, 5) is 6.98. The van der Waals surface area contributed by atoms with Crippen LogP contribution in [0.15, 0.2) is 6.07 Å². The number of hydrogen-bond donors (Lipinski definition) is 2. The molecular formula is C12H19F3N4. The first kappa shape index (κ1) is 15.5. The Morgan fingerprint density at radius 1 is 1.21 bits per heavy atom. The van der Waals surface area contributed by atoms with Crippen molar-refractivity contribution in [2.24, 2.45) is 0 Å². The monoisotopic (exact) mass is 276 g/mol. The van der Waals surface area contributed by atoms with E-state index in [1.807, 2.05) is 13.8 Å². The maximum absolute atomic E-state index is 12.7. The molecule has 0 saturated carbocycles. The van der Waals surface area contributed by atoms with Gasteiger partial charge in [-0.2, -0.15) is 13.2 Å². The van der Waals surface area contributed by atoms with Crippen LogP contribution in [-0.2, 0) is 6.18 Å². The molecule has 1 rings (SSSR count). The normalized spacial score (nSPS) is 13.2. The molecule has 0 aliphatic rings. The Morgan fingerprint density at radius 3 is 2.37 bits per heavy atom. The van der Waals surface area contributed by atoms with Crippen molar-refractivity contribution < 1.29 is 13.2 Å². The van der Waals surface area contributed by atoms with Gasteiger partial charge in [-0.15, -0.1) is 0 Å². The van der Waals surface area contributed by atoms with Gasteiger partial charge in [-0.25, -0.2) is 9.97 Å². The number of halogens is 3. The van der Waals surface area contributed by atoms with Gasteiger partial charge in [0.05, 0.1) is 0 Å². The molecule has 0 aromatic carbocycles. The van der Waals surface area contributed by atoms with Crippen molar-refractivity contribution in [2.75, 3.05) is 17.2 Å². The Labute approximate surface area is 110 Å². The summed E-state index contributed by atoms with van der Waals surface area (Å²) in [6, 6.07) is 1.56. The Kier molecular flexibility index (Phi) is 5.38. The fourth-order valence-corrected chi connectivity index (χ4v) is 1.68. The van der Waals surface area contributed by atoms with Crippen molar-refractivity contribution in [1.82, 2.24) is 9.97 Å². The van der Waals surface area contributed by atoms with E-state index in [4.69, 9.17) is 0 Å². The number of hydrogen-bond acceptors (Lipinski definition) is 4. The zero-order valence-corrected chi connectivity index (χ0v) is 11.3. The number of aromatic nitrogens is 2. The van der Waals surface area contributed by atoms with Crippen LogP contribution >= 0.6 is 0 Å². The molecule has 1 heterocycles. The summed E-state index contributed by atoms with van der Waals surface area (Å²) in [6.07, 6.45) is -2.73. The van der Waals surface area contributed by atoms with E-state index in [1.54, 1.807) is 6.92 Å². The summed E-state index contributed by atoms with van der Waals surface area (Å²) in [6.45, 7) is 6.22. The standard InChI is InChI=1S/C12H19F3N4/c1-4-6-8(3)17-10-7-9(16-5-2)18-11(19-10)12(13,14)15/h7-8H,4-6H2,1-3H3,(H2,16,17,18,19). The molecule has 0 radical (unpaired) electrons. The smallest absolute Gasteiger partial charge is 0.370 e. The molecule has 1 aromatic heterocycles. The Balaban J connectivity index is 2.99. The van der Waals surface area contributed by atoms with E-state index in [-0.39, 0.29) is 17.7 Å². The van der Waals surface area contributed by atoms with E-state index in [1.165, 1.54) is 6.07 Å². The van der Waals surface area contributed by atoms with Gasteiger partial charge in [0, 0.05) is 18.7 Å². The van der Waals surface area contributed by atoms with Crippen molar-refractivity contribution in [3.05, 3.63) is 11.9 Å². The minimum absolute atomic E-state index is 0.0652. The van der Waals surface area contributed by atoms with E-state index in [0.29, 0.717) is 6.54 Å². The Hall–Kier alpha value is -1.53. The first-order valence-electron chi connectivity index (χ1n) is 6.33. The molecule has 4 nitrogen and oxygen atoms in total. The highest BCUT2D eigenvalue weighted by Gasteiger charge is 2.35. The van der Waals surface area contributed by atoms with Gasteiger partial charge < -0.3 is 10.6 Å². The molecule has 0 spiro atoms. The average Bonchev–Trinajstić information content (AvgIpc) is 2.28. The molecular weight excluding hydrogens is 257 g/mol. The first-order chi connectivity index (χ1) is 8.86. The van der Waals surface area contributed by atoms with Crippen molar-refractivity contribution in [2.45, 2.75) is 45.8 Å². The third-order valence-electron chi connectivity index (χ3n) is 2.45. The van der Waals surface area contributed by atoms with E-state index in [0.717, 1.165) is 12.8 Å². The van der Waals surface area contributed by atoms with Crippen LogP contribution in [0.5, 0.6) is 0 Å². The predicted molar refractivity (Wildman–Crippen MR) is 69.2 cm³/mol. The maximum atomic E-state index is 12.7. The summed E-state index contributed by atoms with van der Waals surface area (Å²) in [7, 11) is 0. The summed E-state index contributed by atoms with van der Waals surface area (Å²) in [5, 5.41) is 5.74. The molecule has 0 amide bonds. The zero-order chi connectivity index (χ0) is 14.5. The molecule has 7 heteroatoms. The van der Waals surface area contributed by atoms with Gasteiger partial charge in [0.2, 0.25) is 5.82 Å². The van der Waals surface area contributed by atoms with E-state index in [2.05, 4.69) is 20.6 Å². The predicted octanol–water partition coefficient (Wildman–Crippen LogP) is 3.53. The van der Waals surface area contributed by atoms with Gasteiger partial charge in [-0.3, -0.25) is 0 Å². The van der Waals surface area contributed by atoms with E-state index < -0.39 is 12.0 Å². The second-order valence-electron chi connectivity index (χ2n) is 4.32. The highest BCUT2D eigenvalue weighted by atomic mass is 19.4. The van der Waals surface area contributed by atoms with Crippen molar-refractivity contribution in [3.63, 3.8) is 0 Å². The SMILES string of the molecule is CCCC(C)Nc1cc(NCC)nc(C(F)(F)F)n1. The highest BCUT2D eigenvalue weighted by molar-refractivity contribution is 5.48. The van der Waals surface area contributed by atoms with Crippen LogP contribution in [0.2, 0.25) is 0 Å². The molecule has 0 saturated heterocycles. The van der Waals surface area contributed by atoms with Gasteiger partial charge in [-0.1, -0.05) is 13.3 Å². The Morgan fingerprint density at radius 2 is 1.84 bits per heavy atom. The topological polar surface area (TPSA) is 49.8 Å². The molecule has 0 fully saturated rings. The van der Waals surface area contributed by atoms with Crippen molar-refractivity contribution in [3.8, 4) is 0 Å². The summed E-state index contributed by atoms with van der Waals surface area (Å²) in [5.74, 6) is -0.757. The number of alkyl halides is 3. The van der Waals surface area contributed by atoms with Crippen LogP contribution in [0, 0.1) is 0 Å². The zero-order valence-electron chi connectivity index (χ0n) is 11.3. The van der Waals surface area contributed by atoms with Crippen molar-refractivity contribution in [1.29, 1.82) is 0 Å². The Bertz CT molecular complexity index is 406.